The SMILES string of the molecule is O=C1c2ccccc2C(=O)N1CSc1[nH]c2ccccc2[nH+]1. The molecule has 0 spiro atoms. The number of imidazole rings is 1. The molecule has 3 aromatic rings. The predicted molar refractivity (Wildman–Crippen MR) is 82.5 cm³/mol. The minimum Gasteiger partial charge on any atom is -0.269 e. The van der Waals surface area contributed by atoms with Gasteiger partial charge in [0.2, 0.25) is 0 Å². The van der Waals surface area contributed by atoms with Crippen LogP contribution in [-0.2, 0) is 0 Å². The number of thioether (sulfide) groups is 1. The van der Waals surface area contributed by atoms with Crippen molar-refractivity contribution in [3.8, 4) is 0 Å². The first-order valence-electron chi connectivity index (χ1n) is 6.82. The Balaban J connectivity index is 1.55. The number of para-hydroxylation sites is 2. The molecule has 0 bridgehead atoms. The normalized spacial score (nSPS) is 13.9. The van der Waals surface area contributed by atoms with E-state index in [1.54, 1.807) is 24.3 Å². The van der Waals surface area contributed by atoms with Crippen molar-refractivity contribution in [3.05, 3.63) is 59.7 Å². The molecule has 6 heteroatoms. The number of imide groups is 1. The number of aromatic nitrogens is 2. The lowest BCUT2D eigenvalue weighted by Crippen LogP contribution is -2.29. The van der Waals surface area contributed by atoms with Crippen molar-refractivity contribution < 1.29 is 14.6 Å². The fourth-order valence-corrected chi connectivity index (χ4v) is 3.39. The van der Waals surface area contributed by atoms with E-state index in [0.717, 1.165) is 16.2 Å². The molecule has 1 aromatic heterocycles. The van der Waals surface area contributed by atoms with Gasteiger partial charge in [0.15, 0.2) is 11.0 Å². The number of H-pyrrole nitrogens is 2. The summed E-state index contributed by atoms with van der Waals surface area (Å²) in [6.45, 7) is 0. The molecule has 1 aliphatic rings. The van der Waals surface area contributed by atoms with Crippen LogP contribution in [0.2, 0.25) is 0 Å². The van der Waals surface area contributed by atoms with Crippen molar-refractivity contribution in [3.63, 3.8) is 0 Å². The highest BCUT2D eigenvalue weighted by atomic mass is 32.2. The van der Waals surface area contributed by atoms with E-state index in [4.69, 9.17) is 0 Å². The fraction of sp³-hybridized carbons (Fsp3) is 0.0625. The van der Waals surface area contributed by atoms with Crippen LogP contribution in [0.25, 0.3) is 11.0 Å². The molecule has 0 fully saturated rings. The van der Waals surface area contributed by atoms with Gasteiger partial charge in [0.05, 0.1) is 17.0 Å². The van der Waals surface area contributed by atoms with Crippen molar-refractivity contribution in [1.82, 2.24) is 9.88 Å². The summed E-state index contributed by atoms with van der Waals surface area (Å²) in [7, 11) is 0. The number of fused-ring (bicyclic) bond motifs is 2. The lowest BCUT2D eigenvalue weighted by atomic mass is 10.1. The molecule has 2 amide bonds. The second kappa shape index (κ2) is 4.99. The molecule has 22 heavy (non-hydrogen) atoms. The van der Waals surface area contributed by atoms with Crippen molar-refractivity contribution in [2.75, 3.05) is 5.88 Å². The molecule has 0 saturated heterocycles. The second-order valence-corrected chi connectivity index (χ2v) is 5.94. The monoisotopic (exact) mass is 310 g/mol. The number of aromatic amines is 2. The standard InChI is InChI=1S/C16H11N3O2S/c20-14-10-5-1-2-6-11(10)15(21)19(14)9-22-16-17-12-7-3-4-8-13(12)18-16/h1-8H,9H2,(H,17,18)/p+1. The Morgan fingerprint density at radius 2 is 1.59 bits per heavy atom. The summed E-state index contributed by atoms with van der Waals surface area (Å²) in [5.74, 6) is -0.191. The molecule has 0 saturated carbocycles. The molecule has 5 nitrogen and oxygen atoms in total. The van der Waals surface area contributed by atoms with Crippen LogP contribution < -0.4 is 4.98 Å². The average Bonchev–Trinajstić information content (AvgIpc) is 3.06. The minimum atomic E-state index is -0.232. The molecule has 0 unspecified atom stereocenters. The lowest BCUT2D eigenvalue weighted by Gasteiger charge is -2.10. The number of hydrogen-bond acceptors (Lipinski definition) is 3. The van der Waals surface area contributed by atoms with E-state index in [1.807, 2.05) is 24.3 Å². The minimum absolute atomic E-state index is 0.232. The van der Waals surface area contributed by atoms with E-state index in [-0.39, 0.29) is 17.7 Å². The smallest absolute Gasteiger partial charge is 0.269 e. The number of rotatable bonds is 3. The maximum absolute atomic E-state index is 12.3. The summed E-state index contributed by atoms with van der Waals surface area (Å²) >= 11 is 1.39. The van der Waals surface area contributed by atoms with E-state index in [2.05, 4.69) is 9.97 Å². The molecule has 0 radical (unpaired) electrons. The number of carbonyl (C=O) groups is 2. The van der Waals surface area contributed by atoms with Gasteiger partial charge in [-0.1, -0.05) is 24.3 Å². The molecule has 108 valence electrons. The predicted octanol–water partition coefficient (Wildman–Crippen LogP) is 2.33. The summed E-state index contributed by atoms with van der Waals surface area (Å²) < 4.78 is 0. The lowest BCUT2D eigenvalue weighted by molar-refractivity contribution is -0.396. The topological polar surface area (TPSA) is 67.3 Å². The first-order valence-corrected chi connectivity index (χ1v) is 7.80. The van der Waals surface area contributed by atoms with Gasteiger partial charge in [-0.05, 0) is 36.0 Å². The largest absolute Gasteiger partial charge is 0.316 e. The number of nitrogens with one attached hydrogen (secondary N) is 2. The maximum atomic E-state index is 12.3. The molecule has 2 heterocycles. The first kappa shape index (κ1) is 13.1. The molecule has 1 aliphatic heterocycles. The Kier molecular flexibility index (Phi) is 2.97. The van der Waals surface area contributed by atoms with Crippen LogP contribution in [0.15, 0.2) is 53.7 Å². The summed E-state index contributed by atoms with van der Waals surface area (Å²) in [4.78, 5) is 32.3. The number of nitrogens with zero attached hydrogens (tertiary/aromatic N) is 1. The van der Waals surface area contributed by atoms with Crippen molar-refractivity contribution in [2.45, 2.75) is 5.16 Å². The third-order valence-electron chi connectivity index (χ3n) is 3.64. The molecule has 4 rings (SSSR count). The molecular formula is C16H12N3O2S+. The number of amides is 2. The van der Waals surface area contributed by atoms with Gasteiger partial charge in [-0.3, -0.25) is 14.5 Å². The van der Waals surface area contributed by atoms with Crippen LogP contribution in [0.1, 0.15) is 20.7 Å². The van der Waals surface area contributed by atoms with Crippen LogP contribution in [-0.4, -0.2) is 27.6 Å². The van der Waals surface area contributed by atoms with Crippen LogP contribution >= 0.6 is 11.8 Å². The average molecular weight is 310 g/mol. The zero-order valence-electron chi connectivity index (χ0n) is 11.5. The van der Waals surface area contributed by atoms with E-state index >= 15 is 0 Å². The Labute approximate surface area is 130 Å². The van der Waals surface area contributed by atoms with Crippen LogP contribution in [0.4, 0.5) is 0 Å². The fourth-order valence-electron chi connectivity index (χ4n) is 2.53. The number of hydrogen-bond donors (Lipinski definition) is 1. The number of benzene rings is 2. The summed E-state index contributed by atoms with van der Waals surface area (Å²) in [5.41, 5.74) is 2.95. The summed E-state index contributed by atoms with van der Waals surface area (Å²) in [6, 6.07) is 14.8. The van der Waals surface area contributed by atoms with Gasteiger partial charge in [0, 0.05) is 0 Å². The Bertz CT molecular complexity index is 835. The quantitative estimate of drug-likeness (QED) is 0.596. The van der Waals surface area contributed by atoms with E-state index in [0.29, 0.717) is 11.1 Å². The first-order chi connectivity index (χ1) is 10.7. The zero-order valence-corrected chi connectivity index (χ0v) is 12.3. The highest BCUT2D eigenvalue weighted by Gasteiger charge is 2.35. The van der Waals surface area contributed by atoms with Crippen molar-refractivity contribution in [2.24, 2.45) is 0 Å². The van der Waals surface area contributed by atoms with Gasteiger partial charge in [-0.25, -0.2) is 9.97 Å². The Morgan fingerprint density at radius 3 is 2.27 bits per heavy atom. The van der Waals surface area contributed by atoms with Gasteiger partial charge in [0.25, 0.3) is 11.8 Å². The molecule has 0 aliphatic carbocycles. The summed E-state index contributed by atoms with van der Waals surface area (Å²) in [6.07, 6.45) is 0. The van der Waals surface area contributed by atoms with Crippen molar-refractivity contribution in [1.29, 1.82) is 0 Å². The Morgan fingerprint density at radius 1 is 0.955 bits per heavy atom. The highest BCUT2D eigenvalue weighted by molar-refractivity contribution is 7.99. The third-order valence-corrected chi connectivity index (χ3v) is 4.52. The van der Waals surface area contributed by atoms with Crippen LogP contribution in [0.3, 0.4) is 0 Å². The van der Waals surface area contributed by atoms with Gasteiger partial charge in [-0.15, -0.1) is 0 Å². The van der Waals surface area contributed by atoms with E-state index < -0.39 is 0 Å². The summed E-state index contributed by atoms with van der Waals surface area (Å²) in [5, 5.41) is 0.817. The molecular weight excluding hydrogens is 298 g/mol. The molecule has 2 aromatic carbocycles. The maximum Gasteiger partial charge on any atom is 0.316 e. The van der Waals surface area contributed by atoms with Crippen molar-refractivity contribution >= 4 is 34.6 Å². The molecule has 0 atom stereocenters. The van der Waals surface area contributed by atoms with E-state index in [9.17, 15) is 9.59 Å². The van der Waals surface area contributed by atoms with Gasteiger partial charge >= 0.3 is 5.16 Å². The van der Waals surface area contributed by atoms with E-state index in [1.165, 1.54) is 16.7 Å². The highest BCUT2D eigenvalue weighted by Crippen LogP contribution is 2.25. The Hall–Kier alpha value is -2.60. The van der Waals surface area contributed by atoms with Crippen LogP contribution in [0, 0.1) is 0 Å². The van der Waals surface area contributed by atoms with Gasteiger partial charge < -0.3 is 0 Å². The molecule has 2 N–H and O–H groups in total. The zero-order chi connectivity index (χ0) is 15.1. The van der Waals surface area contributed by atoms with Gasteiger partial charge in [0.1, 0.15) is 0 Å². The number of carbonyl (C=O) groups excluding carboxylic acids is 2. The van der Waals surface area contributed by atoms with Crippen LogP contribution in [0.5, 0.6) is 0 Å². The second-order valence-electron chi connectivity index (χ2n) is 4.98. The third kappa shape index (κ3) is 2.00. The van der Waals surface area contributed by atoms with Gasteiger partial charge in [-0.2, -0.15) is 0 Å².